The summed E-state index contributed by atoms with van der Waals surface area (Å²) in [6, 6.07) is 4.42. The Morgan fingerprint density at radius 3 is 2.65 bits per heavy atom. The minimum Gasteiger partial charge on any atom is -0.493 e. The summed E-state index contributed by atoms with van der Waals surface area (Å²) in [5.41, 5.74) is 1.18. The fourth-order valence-electron chi connectivity index (χ4n) is 2.33. The van der Waals surface area contributed by atoms with Crippen LogP contribution >= 0.6 is 15.9 Å². The smallest absolute Gasteiger partial charge is 0.165 e. The second kappa shape index (κ2) is 5.74. The number of rotatable bonds is 3. The van der Waals surface area contributed by atoms with Gasteiger partial charge in [-0.25, -0.2) is 0 Å². The Morgan fingerprint density at radius 2 is 2.06 bits per heavy atom. The molecule has 1 unspecified atom stereocenters. The van der Waals surface area contributed by atoms with Crippen molar-refractivity contribution in [1.82, 2.24) is 5.32 Å². The molecule has 1 aliphatic rings. The lowest BCUT2D eigenvalue weighted by atomic mass is 9.96. The molecule has 0 radical (unpaired) electrons. The Kier molecular flexibility index (Phi) is 4.29. The first-order valence-electron chi connectivity index (χ1n) is 5.91. The molecule has 17 heavy (non-hydrogen) atoms. The molecule has 0 amide bonds. The molecule has 1 heterocycles. The van der Waals surface area contributed by atoms with Crippen molar-refractivity contribution in [3.63, 3.8) is 0 Å². The minimum atomic E-state index is 0.366. The third-order valence-corrected chi connectivity index (χ3v) is 3.62. The largest absolute Gasteiger partial charge is 0.493 e. The van der Waals surface area contributed by atoms with Gasteiger partial charge in [0.1, 0.15) is 0 Å². The van der Waals surface area contributed by atoms with Crippen molar-refractivity contribution >= 4 is 15.9 Å². The molecule has 1 atom stereocenters. The quantitative estimate of drug-likeness (QED) is 0.929. The first-order chi connectivity index (χ1) is 8.26. The monoisotopic (exact) mass is 299 g/mol. The maximum Gasteiger partial charge on any atom is 0.165 e. The molecule has 3 nitrogen and oxygen atoms in total. The number of benzene rings is 1. The van der Waals surface area contributed by atoms with E-state index in [-0.39, 0.29) is 0 Å². The highest BCUT2D eigenvalue weighted by Crippen LogP contribution is 2.39. The molecule has 1 saturated heterocycles. The van der Waals surface area contributed by atoms with Crippen molar-refractivity contribution in [2.24, 2.45) is 0 Å². The van der Waals surface area contributed by atoms with Gasteiger partial charge in [0, 0.05) is 16.1 Å². The van der Waals surface area contributed by atoms with E-state index in [9.17, 15) is 0 Å². The van der Waals surface area contributed by atoms with Crippen LogP contribution in [0.25, 0.3) is 0 Å². The standard InChI is InChI=1S/C13H18BrNO2/c1-16-12-8-9(14)7-10(13(12)17-2)11-5-3-4-6-15-11/h7-8,11,15H,3-6H2,1-2H3. The Bertz CT molecular complexity index is 389. The van der Waals surface area contributed by atoms with Crippen LogP contribution in [0, 0.1) is 0 Å². The molecule has 0 saturated carbocycles. The van der Waals surface area contributed by atoms with E-state index in [0.717, 1.165) is 28.9 Å². The van der Waals surface area contributed by atoms with Crippen molar-refractivity contribution in [3.05, 3.63) is 22.2 Å². The molecule has 0 aromatic heterocycles. The van der Waals surface area contributed by atoms with Crippen LogP contribution < -0.4 is 14.8 Å². The van der Waals surface area contributed by atoms with E-state index < -0.39 is 0 Å². The first kappa shape index (κ1) is 12.7. The Balaban J connectivity index is 2.39. The number of nitrogens with one attached hydrogen (secondary N) is 1. The van der Waals surface area contributed by atoms with Gasteiger partial charge in [-0.3, -0.25) is 0 Å². The fourth-order valence-corrected chi connectivity index (χ4v) is 2.79. The summed E-state index contributed by atoms with van der Waals surface area (Å²) >= 11 is 3.52. The molecule has 1 aromatic rings. The van der Waals surface area contributed by atoms with Crippen LogP contribution in [0.3, 0.4) is 0 Å². The predicted molar refractivity (Wildman–Crippen MR) is 71.8 cm³/mol. The molecule has 0 bridgehead atoms. The summed E-state index contributed by atoms with van der Waals surface area (Å²) in [4.78, 5) is 0. The molecule has 1 aromatic carbocycles. The zero-order valence-corrected chi connectivity index (χ0v) is 11.8. The second-order valence-corrected chi connectivity index (χ2v) is 5.15. The maximum absolute atomic E-state index is 5.49. The van der Waals surface area contributed by atoms with E-state index in [4.69, 9.17) is 9.47 Å². The summed E-state index contributed by atoms with van der Waals surface area (Å²) in [7, 11) is 3.36. The zero-order chi connectivity index (χ0) is 12.3. The highest BCUT2D eigenvalue weighted by Gasteiger charge is 2.21. The maximum atomic E-state index is 5.49. The SMILES string of the molecule is COc1cc(Br)cc(C2CCCCN2)c1OC. The third kappa shape index (κ3) is 2.75. The molecule has 1 fully saturated rings. The van der Waals surface area contributed by atoms with E-state index in [1.54, 1.807) is 14.2 Å². The number of ether oxygens (including phenoxy) is 2. The predicted octanol–water partition coefficient (Wildman–Crippen LogP) is 3.28. The van der Waals surface area contributed by atoms with Crippen LogP contribution in [0.2, 0.25) is 0 Å². The molecule has 1 N–H and O–H groups in total. The minimum absolute atomic E-state index is 0.366. The highest BCUT2D eigenvalue weighted by molar-refractivity contribution is 9.10. The van der Waals surface area contributed by atoms with E-state index in [1.165, 1.54) is 18.4 Å². The first-order valence-corrected chi connectivity index (χ1v) is 6.70. The summed E-state index contributed by atoms with van der Waals surface area (Å²) in [5.74, 6) is 1.62. The van der Waals surface area contributed by atoms with Gasteiger partial charge in [-0.1, -0.05) is 22.4 Å². The number of methoxy groups -OCH3 is 2. The molecular formula is C13H18BrNO2. The molecule has 4 heteroatoms. The van der Waals surface area contributed by atoms with Gasteiger partial charge in [0.05, 0.1) is 14.2 Å². The van der Waals surface area contributed by atoms with Crippen molar-refractivity contribution in [3.8, 4) is 11.5 Å². The lowest BCUT2D eigenvalue weighted by Gasteiger charge is -2.26. The summed E-state index contributed by atoms with van der Waals surface area (Å²) in [5, 5.41) is 3.53. The molecular weight excluding hydrogens is 282 g/mol. The summed E-state index contributed by atoms with van der Waals surface area (Å²) in [6.07, 6.45) is 3.66. The molecule has 1 aliphatic heterocycles. The number of hydrogen-bond donors (Lipinski definition) is 1. The summed E-state index contributed by atoms with van der Waals surface area (Å²) in [6.45, 7) is 1.07. The number of hydrogen-bond acceptors (Lipinski definition) is 3. The third-order valence-electron chi connectivity index (χ3n) is 3.16. The topological polar surface area (TPSA) is 30.5 Å². The van der Waals surface area contributed by atoms with Gasteiger partial charge in [-0.05, 0) is 31.5 Å². The van der Waals surface area contributed by atoms with E-state index >= 15 is 0 Å². The Hall–Kier alpha value is -0.740. The van der Waals surface area contributed by atoms with Crippen LogP contribution in [0.4, 0.5) is 0 Å². The van der Waals surface area contributed by atoms with Crippen molar-refractivity contribution in [2.75, 3.05) is 20.8 Å². The normalized spacial score (nSPS) is 20.1. The number of piperidine rings is 1. The molecule has 0 spiro atoms. The second-order valence-electron chi connectivity index (χ2n) is 4.23. The van der Waals surface area contributed by atoms with Gasteiger partial charge in [0.25, 0.3) is 0 Å². The van der Waals surface area contributed by atoms with Crippen LogP contribution in [0.1, 0.15) is 30.9 Å². The molecule has 2 rings (SSSR count). The van der Waals surface area contributed by atoms with Gasteiger partial charge in [-0.2, -0.15) is 0 Å². The molecule has 94 valence electrons. The van der Waals surface area contributed by atoms with Gasteiger partial charge < -0.3 is 14.8 Å². The van der Waals surface area contributed by atoms with Crippen LogP contribution in [0.5, 0.6) is 11.5 Å². The Morgan fingerprint density at radius 1 is 1.24 bits per heavy atom. The van der Waals surface area contributed by atoms with Crippen LogP contribution in [-0.4, -0.2) is 20.8 Å². The average molecular weight is 300 g/mol. The van der Waals surface area contributed by atoms with Crippen LogP contribution in [-0.2, 0) is 0 Å². The molecule has 0 aliphatic carbocycles. The fraction of sp³-hybridized carbons (Fsp3) is 0.538. The van der Waals surface area contributed by atoms with E-state index in [2.05, 4.69) is 27.3 Å². The number of halogens is 1. The summed E-state index contributed by atoms with van der Waals surface area (Å²) < 4.78 is 11.9. The Labute approximate surface area is 111 Å². The average Bonchev–Trinajstić information content (AvgIpc) is 2.38. The van der Waals surface area contributed by atoms with Crippen molar-refractivity contribution in [1.29, 1.82) is 0 Å². The van der Waals surface area contributed by atoms with Crippen LogP contribution in [0.15, 0.2) is 16.6 Å². The van der Waals surface area contributed by atoms with Gasteiger partial charge in [0.15, 0.2) is 11.5 Å². The zero-order valence-electron chi connectivity index (χ0n) is 10.3. The van der Waals surface area contributed by atoms with Crippen molar-refractivity contribution < 1.29 is 9.47 Å². The lowest BCUT2D eigenvalue weighted by Crippen LogP contribution is -2.27. The highest BCUT2D eigenvalue weighted by atomic mass is 79.9. The van der Waals surface area contributed by atoms with Gasteiger partial charge >= 0.3 is 0 Å². The lowest BCUT2D eigenvalue weighted by molar-refractivity contribution is 0.338. The van der Waals surface area contributed by atoms with Crippen molar-refractivity contribution in [2.45, 2.75) is 25.3 Å². The van der Waals surface area contributed by atoms with E-state index in [1.807, 2.05) is 6.07 Å². The van der Waals surface area contributed by atoms with Gasteiger partial charge in [-0.15, -0.1) is 0 Å². The van der Waals surface area contributed by atoms with E-state index in [0.29, 0.717) is 6.04 Å². The van der Waals surface area contributed by atoms with Gasteiger partial charge in [0.2, 0.25) is 0 Å².